The molecule has 3 unspecified atom stereocenters. The summed E-state index contributed by atoms with van der Waals surface area (Å²) in [5.41, 5.74) is 0.413. The topological polar surface area (TPSA) is 40.2 Å². The third kappa shape index (κ3) is 6.18. The average molecular weight is 393 g/mol. The van der Waals surface area contributed by atoms with Crippen molar-refractivity contribution in [1.82, 2.24) is 0 Å². The Morgan fingerprint density at radius 1 is 0.652 bits per heavy atom. The summed E-state index contributed by atoms with van der Waals surface area (Å²) in [6.07, 6.45) is 4.27. The van der Waals surface area contributed by atoms with Gasteiger partial charge in [0.15, 0.2) is 25.0 Å². The molecule has 1 saturated heterocycles. The maximum atomic E-state index is 6.83. The minimum atomic E-state index is -2.71. The van der Waals surface area contributed by atoms with Gasteiger partial charge in [-0.05, 0) is 78.2 Å². The van der Waals surface area contributed by atoms with Gasteiger partial charge in [0.25, 0.3) is 0 Å². The van der Waals surface area contributed by atoms with E-state index in [1.807, 2.05) is 0 Å². The van der Waals surface area contributed by atoms with E-state index >= 15 is 0 Å². The van der Waals surface area contributed by atoms with E-state index in [2.05, 4.69) is 58.9 Å². The van der Waals surface area contributed by atoms with Gasteiger partial charge in [-0.1, -0.05) is 0 Å². The maximum Gasteiger partial charge on any atom is 0.472 e. The lowest BCUT2D eigenvalue weighted by Crippen LogP contribution is -2.63. The molecule has 1 saturated carbocycles. The van der Waals surface area contributed by atoms with Crippen LogP contribution in [-0.2, 0) is 17.1 Å². The van der Waals surface area contributed by atoms with Crippen LogP contribution < -0.4 is 0 Å². The van der Waals surface area contributed by atoms with E-state index in [-0.39, 0.29) is 0 Å². The zero-order valence-corrected chi connectivity index (χ0v) is 20.5. The smallest absolute Gasteiger partial charge is 0.417 e. The molecule has 1 aliphatic heterocycles. The van der Waals surface area contributed by atoms with Gasteiger partial charge in [-0.3, -0.25) is 0 Å². The number of epoxide rings is 1. The predicted octanol–water partition coefficient (Wildman–Crippen LogP) is 4.80. The Bertz CT molecular complexity index is 384. The number of hydrogen-bond acceptors (Lipinski definition) is 4. The van der Waals surface area contributed by atoms with E-state index in [1.165, 1.54) is 0 Å². The van der Waals surface area contributed by atoms with Crippen LogP contribution in [0.5, 0.6) is 0 Å². The van der Waals surface area contributed by atoms with Crippen molar-refractivity contribution in [3.8, 4) is 0 Å². The summed E-state index contributed by atoms with van der Waals surface area (Å²) < 4.78 is 26.3. The van der Waals surface area contributed by atoms with Crippen molar-refractivity contribution in [3.63, 3.8) is 0 Å². The molecule has 0 amide bonds. The fraction of sp³-hybridized carbons (Fsp3) is 1.00. The van der Waals surface area contributed by atoms with Gasteiger partial charge in [0.2, 0.25) is 0 Å². The molecule has 2 rings (SSSR count). The quantitative estimate of drug-likeness (QED) is 0.461. The molecule has 1 heterocycles. The summed E-state index contributed by atoms with van der Waals surface area (Å²) in [4.78, 5) is 0. The number of fused-ring (bicyclic) bond motifs is 1. The van der Waals surface area contributed by atoms with Crippen LogP contribution in [-0.4, -0.2) is 46.0 Å². The van der Waals surface area contributed by atoms with Crippen LogP contribution in [0.1, 0.15) is 19.3 Å². The molecule has 4 nitrogen and oxygen atoms in total. The summed E-state index contributed by atoms with van der Waals surface area (Å²) in [6, 6.07) is 0. The summed E-state index contributed by atoms with van der Waals surface area (Å²) in [5.74, 6) is 0. The van der Waals surface area contributed by atoms with Crippen LogP contribution >= 0.6 is 0 Å². The van der Waals surface area contributed by atoms with Crippen molar-refractivity contribution in [2.75, 3.05) is 0 Å². The Kier molecular flexibility index (Phi) is 5.62. The molecule has 8 heteroatoms. The van der Waals surface area contributed by atoms with Crippen molar-refractivity contribution in [1.29, 1.82) is 0 Å². The molecule has 3 atom stereocenters. The van der Waals surface area contributed by atoms with E-state index in [9.17, 15) is 0 Å². The second kappa shape index (κ2) is 6.46. The van der Waals surface area contributed by atoms with Gasteiger partial charge in [0, 0.05) is 5.54 Å². The molecule has 23 heavy (non-hydrogen) atoms. The lowest BCUT2D eigenvalue weighted by Gasteiger charge is -2.47. The molecule has 0 spiro atoms. The maximum absolute atomic E-state index is 6.83. The van der Waals surface area contributed by atoms with Gasteiger partial charge in [0.1, 0.15) is 0 Å². The molecule has 0 bridgehead atoms. The molecule has 1 aliphatic carbocycles. The van der Waals surface area contributed by atoms with E-state index in [0.29, 0.717) is 17.7 Å². The molecule has 0 aromatic carbocycles. The number of rotatable bonds is 7. The first-order valence-corrected chi connectivity index (χ1v) is 21.0. The van der Waals surface area contributed by atoms with Crippen LogP contribution in [0.3, 0.4) is 0 Å². The first-order valence-electron chi connectivity index (χ1n) is 8.95. The van der Waals surface area contributed by atoms with Crippen molar-refractivity contribution >= 4 is 33.8 Å². The predicted molar refractivity (Wildman–Crippen MR) is 105 cm³/mol. The monoisotopic (exact) mass is 392 g/mol. The number of ether oxygens (including phenoxy) is 1. The minimum absolute atomic E-state index is 0.413. The zero-order valence-electron chi connectivity index (χ0n) is 16.5. The highest BCUT2D eigenvalue weighted by molar-refractivity contribution is 6.90. The van der Waals surface area contributed by atoms with Crippen molar-refractivity contribution in [2.24, 2.45) is 0 Å². The fourth-order valence-corrected chi connectivity index (χ4v) is 18.2. The Balaban J connectivity index is 2.34. The van der Waals surface area contributed by atoms with Crippen LogP contribution in [0, 0.1) is 0 Å². The molecule has 0 radical (unpaired) electrons. The second-order valence-corrected chi connectivity index (χ2v) is 27.1. The Morgan fingerprint density at radius 2 is 1.09 bits per heavy atom. The van der Waals surface area contributed by atoms with Crippen LogP contribution in [0.2, 0.25) is 64.5 Å². The molecular weight excluding hydrogens is 357 g/mol. The van der Waals surface area contributed by atoms with Gasteiger partial charge in [-0.2, -0.15) is 0 Å². The Hall–Kier alpha value is 0.708. The molecule has 0 N–H and O–H groups in total. The Labute approximate surface area is 147 Å². The van der Waals surface area contributed by atoms with Crippen LogP contribution in [0.4, 0.5) is 0 Å². The van der Waals surface area contributed by atoms with Crippen molar-refractivity contribution < 1.29 is 17.1 Å². The highest BCUT2D eigenvalue weighted by atomic mass is 28.5. The summed E-state index contributed by atoms with van der Waals surface area (Å²) in [5, 5.41) is 0. The molecule has 2 aliphatic rings. The lowest BCUT2D eigenvalue weighted by molar-refractivity contribution is 0.222. The van der Waals surface area contributed by atoms with Crippen LogP contribution in [0.25, 0.3) is 0 Å². The third-order valence-electron chi connectivity index (χ3n) is 3.85. The van der Waals surface area contributed by atoms with Crippen molar-refractivity contribution in [3.05, 3.63) is 0 Å². The minimum Gasteiger partial charge on any atom is -0.417 e. The number of hydrogen-bond donors (Lipinski definition) is 0. The second-order valence-electron chi connectivity index (χ2n) is 9.97. The largest absolute Gasteiger partial charge is 0.472 e. The SMILES string of the molecule is C[Si](C)(C)O[Si](O[Si](C)(C)C)(O[Si](C)(C)C)C1CCC2OC2C1. The molecule has 136 valence electrons. The van der Waals surface area contributed by atoms with Gasteiger partial charge in [0.05, 0.1) is 12.2 Å². The van der Waals surface area contributed by atoms with Gasteiger partial charge >= 0.3 is 8.80 Å². The fourth-order valence-electron chi connectivity index (χ4n) is 3.32. The zero-order chi connectivity index (χ0) is 17.7. The highest BCUT2D eigenvalue weighted by Gasteiger charge is 2.59. The summed E-state index contributed by atoms with van der Waals surface area (Å²) in [6.45, 7) is 20.3. The van der Waals surface area contributed by atoms with Gasteiger partial charge in [-0.15, -0.1) is 0 Å². The standard InChI is InChI=1S/C15H36O4Si4/c1-20(2,3)17-23(18-21(4,5)6,19-22(7,8)9)13-10-11-14-15(12-13)16-14/h13-15H,10-12H2,1-9H3. The van der Waals surface area contributed by atoms with Gasteiger partial charge < -0.3 is 17.1 Å². The highest BCUT2D eigenvalue weighted by Crippen LogP contribution is 2.49. The third-order valence-corrected chi connectivity index (χ3v) is 16.1. The van der Waals surface area contributed by atoms with E-state index in [4.69, 9.17) is 17.1 Å². The molecular formula is C15H36O4Si4. The normalized spacial score (nSPS) is 29.3. The van der Waals surface area contributed by atoms with E-state index in [0.717, 1.165) is 19.3 Å². The first-order chi connectivity index (χ1) is 10.2. The van der Waals surface area contributed by atoms with Crippen molar-refractivity contribution in [2.45, 2.75) is 95.9 Å². The molecule has 0 aromatic heterocycles. The average Bonchev–Trinajstić information content (AvgIpc) is 2.98. The van der Waals surface area contributed by atoms with Crippen LogP contribution in [0.15, 0.2) is 0 Å². The summed E-state index contributed by atoms with van der Waals surface area (Å²) >= 11 is 0. The summed E-state index contributed by atoms with van der Waals surface area (Å²) in [7, 11) is -8.02. The van der Waals surface area contributed by atoms with Gasteiger partial charge in [-0.25, -0.2) is 0 Å². The van der Waals surface area contributed by atoms with E-state index < -0.39 is 33.8 Å². The molecule has 2 fully saturated rings. The lowest BCUT2D eigenvalue weighted by atomic mass is 10.0. The van der Waals surface area contributed by atoms with E-state index in [1.54, 1.807) is 0 Å². The Morgan fingerprint density at radius 3 is 1.43 bits per heavy atom. The molecule has 0 aromatic rings. The first kappa shape index (κ1) is 20.0.